The van der Waals surface area contributed by atoms with Crippen molar-refractivity contribution in [3.05, 3.63) is 47.9 Å². The first-order valence-corrected chi connectivity index (χ1v) is 8.65. The van der Waals surface area contributed by atoms with Gasteiger partial charge in [-0.05, 0) is 64.2 Å². The number of para-hydroxylation sites is 2. The Labute approximate surface area is 142 Å². The van der Waals surface area contributed by atoms with E-state index < -0.39 is 0 Å². The van der Waals surface area contributed by atoms with Crippen LogP contribution in [-0.2, 0) is 6.54 Å². The maximum absolute atomic E-state index is 5.78. The minimum Gasteiger partial charge on any atom is -0.464 e. The maximum atomic E-state index is 5.78. The van der Waals surface area contributed by atoms with Gasteiger partial charge in [0, 0.05) is 6.04 Å². The zero-order valence-electron chi connectivity index (χ0n) is 14.3. The number of fused-ring (bicyclic) bond motifs is 1. The van der Waals surface area contributed by atoms with Crippen molar-refractivity contribution < 1.29 is 4.42 Å². The lowest BCUT2D eigenvalue weighted by Crippen LogP contribution is -2.37. The average molecular weight is 324 g/mol. The largest absolute Gasteiger partial charge is 0.464 e. The predicted octanol–water partition coefficient (Wildman–Crippen LogP) is 3.49. The van der Waals surface area contributed by atoms with Gasteiger partial charge in [0.2, 0.25) is 5.95 Å². The van der Waals surface area contributed by atoms with E-state index in [4.69, 9.17) is 9.40 Å². The van der Waals surface area contributed by atoms with Gasteiger partial charge < -0.3 is 19.2 Å². The number of benzene rings is 1. The molecule has 0 unspecified atom stereocenters. The molecule has 0 amide bonds. The summed E-state index contributed by atoms with van der Waals surface area (Å²) in [6.07, 6.45) is 2.30. The Balaban J connectivity index is 1.64. The zero-order valence-corrected chi connectivity index (χ0v) is 14.3. The van der Waals surface area contributed by atoms with Crippen LogP contribution in [0.5, 0.6) is 0 Å². The van der Waals surface area contributed by atoms with Crippen LogP contribution in [0.1, 0.15) is 24.4 Å². The van der Waals surface area contributed by atoms with Crippen LogP contribution in [0.25, 0.3) is 11.0 Å². The lowest BCUT2D eigenvalue weighted by molar-refractivity contribution is 0.263. The number of furan rings is 1. The standard InChI is InChI=1S/C19H24N4O/c1-14-7-8-16(24-14)13-23-18-6-4-3-5-17(18)21-19(23)20-15-9-11-22(2)12-10-15/h3-8,15H,9-13H2,1-2H3,(H,20,21). The molecule has 1 fully saturated rings. The molecule has 0 saturated carbocycles. The van der Waals surface area contributed by atoms with E-state index >= 15 is 0 Å². The number of aromatic nitrogens is 2. The molecule has 3 heterocycles. The molecule has 0 bridgehead atoms. The molecule has 126 valence electrons. The van der Waals surface area contributed by atoms with Gasteiger partial charge in [-0.15, -0.1) is 0 Å². The highest BCUT2D eigenvalue weighted by Gasteiger charge is 2.20. The Morgan fingerprint density at radius 1 is 1.17 bits per heavy atom. The number of likely N-dealkylation sites (tertiary alicyclic amines) is 1. The lowest BCUT2D eigenvalue weighted by Gasteiger charge is -2.29. The van der Waals surface area contributed by atoms with Crippen LogP contribution in [0.4, 0.5) is 5.95 Å². The van der Waals surface area contributed by atoms with Gasteiger partial charge in [0.1, 0.15) is 11.5 Å². The van der Waals surface area contributed by atoms with Gasteiger partial charge in [-0.3, -0.25) is 0 Å². The summed E-state index contributed by atoms with van der Waals surface area (Å²) in [6.45, 7) is 4.95. The molecule has 0 atom stereocenters. The molecule has 0 spiro atoms. The van der Waals surface area contributed by atoms with Crippen LogP contribution in [-0.4, -0.2) is 40.6 Å². The molecule has 5 nitrogen and oxygen atoms in total. The molecular weight excluding hydrogens is 300 g/mol. The number of imidazole rings is 1. The fourth-order valence-electron chi connectivity index (χ4n) is 3.41. The predicted molar refractivity (Wildman–Crippen MR) is 96.4 cm³/mol. The Bertz CT molecular complexity index is 827. The third-order valence-electron chi connectivity index (χ3n) is 4.82. The van der Waals surface area contributed by atoms with E-state index in [1.165, 1.54) is 0 Å². The summed E-state index contributed by atoms with van der Waals surface area (Å²) in [5.41, 5.74) is 2.16. The third-order valence-corrected chi connectivity index (χ3v) is 4.82. The highest BCUT2D eigenvalue weighted by atomic mass is 16.3. The summed E-state index contributed by atoms with van der Waals surface area (Å²) in [6, 6.07) is 12.8. The van der Waals surface area contributed by atoms with Crippen molar-refractivity contribution in [1.82, 2.24) is 14.5 Å². The lowest BCUT2D eigenvalue weighted by atomic mass is 10.1. The van der Waals surface area contributed by atoms with Gasteiger partial charge in [0.05, 0.1) is 17.6 Å². The fourth-order valence-corrected chi connectivity index (χ4v) is 3.41. The first-order valence-electron chi connectivity index (χ1n) is 8.65. The second-order valence-corrected chi connectivity index (χ2v) is 6.74. The molecule has 0 radical (unpaired) electrons. The van der Waals surface area contributed by atoms with Crippen molar-refractivity contribution in [1.29, 1.82) is 0 Å². The highest BCUT2D eigenvalue weighted by molar-refractivity contribution is 5.78. The Morgan fingerprint density at radius 2 is 1.96 bits per heavy atom. The van der Waals surface area contributed by atoms with Crippen LogP contribution < -0.4 is 5.32 Å². The van der Waals surface area contributed by atoms with E-state index in [0.717, 1.165) is 54.4 Å². The monoisotopic (exact) mass is 324 g/mol. The van der Waals surface area contributed by atoms with Crippen LogP contribution in [0.2, 0.25) is 0 Å². The normalized spacial score (nSPS) is 16.8. The van der Waals surface area contributed by atoms with Gasteiger partial charge in [-0.25, -0.2) is 4.98 Å². The van der Waals surface area contributed by atoms with Crippen molar-refractivity contribution in [3.63, 3.8) is 0 Å². The number of nitrogens with zero attached hydrogens (tertiary/aromatic N) is 3. The third kappa shape index (κ3) is 3.04. The fraction of sp³-hybridized carbons (Fsp3) is 0.421. The summed E-state index contributed by atoms with van der Waals surface area (Å²) in [7, 11) is 2.19. The molecule has 3 aromatic rings. The summed E-state index contributed by atoms with van der Waals surface area (Å²) in [5.74, 6) is 2.85. The number of nitrogens with one attached hydrogen (secondary N) is 1. The average Bonchev–Trinajstić information content (AvgIpc) is 3.14. The summed E-state index contributed by atoms with van der Waals surface area (Å²) >= 11 is 0. The van der Waals surface area contributed by atoms with Crippen molar-refractivity contribution in [2.24, 2.45) is 0 Å². The van der Waals surface area contributed by atoms with Crippen LogP contribution in [0.3, 0.4) is 0 Å². The minimum absolute atomic E-state index is 0.482. The maximum Gasteiger partial charge on any atom is 0.204 e. The van der Waals surface area contributed by atoms with E-state index in [1.54, 1.807) is 0 Å². The van der Waals surface area contributed by atoms with E-state index in [9.17, 15) is 0 Å². The SMILES string of the molecule is Cc1ccc(Cn2c(NC3CCN(C)CC3)nc3ccccc32)o1. The van der Waals surface area contributed by atoms with Crippen molar-refractivity contribution >= 4 is 17.0 Å². The molecule has 1 aliphatic rings. The molecule has 2 aromatic heterocycles. The van der Waals surface area contributed by atoms with Crippen LogP contribution in [0.15, 0.2) is 40.8 Å². The molecule has 1 aromatic carbocycles. The molecule has 4 rings (SSSR count). The van der Waals surface area contributed by atoms with E-state index in [-0.39, 0.29) is 0 Å². The first-order chi connectivity index (χ1) is 11.7. The van der Waals surface area contributed by atoms with Crippen LogP contribution >= 0.6 is 0 Å². The Kier molecular flexibility index (Phi) is 4.02. The first kappa shape index (κ1) is 15.3. The number of piperidine rings is 1. The summed E-state index contributed by atoms with van der Waals surface area (Å²) < 4.78 is 8.01. The van der Waals surface area contributed by atoms with Crippen LogP contribution in [0, 0.1) is 6.92 Å². The summed E-state index contributed by atoms with van der Waals surface area (Å²) in [5, 5.41) is 3.67. The number of aryl methyl sites for hydroxylation is 1. The van der Waals surface area contributed by atoms with Gasteiger partial charge in [0.25, 0.3) is 0 Å². The van der Waals surface area contributed by atoms with Gasteiger partial charge in [-0.2, -0.15) is 0 Å². The number of anilines is 1. The second-order valence-electron chi connectivity index (χ2n) is 6.74. The van der Waals surface area contributed by atoms with Gasteiger partial charge in [0.15, 0.2) is 0 Å². The minimum atomic E-state index is 0.482. The molecule has 1 N–H and O–H groups in total. The molecule has 24 heavy (non-hydrogen) atoms. The molecule has 1 aliphatic heterocycles. The van der Waals surface area contributed by atoms with E-state index in [1.807, 2.05) is 25.1 Å². The van der Waals surface area contributed by atoms with Crippen molar-refractivity contribution in [2.45, 2.75) is 32.4 Å². The van der Waals surface area contributed by atoms with Gasteiger partial charge in [-0.1, -0.05) is 12.1 Å². The topological polar surface area (TPSA) is 46.2 Å². The van der Waals surface area contributed by atoms with E-state index in [0.29, 0.717) is 12.6 Å². The zero-order chi connectivity index (χ0) is 16.5. The number of rotatable bonds is 4. The molecule has 1 saturated heterocycles. The number of hydrogen-bond donors (Lipinski definition) is 1. The summed E-state index contributed by atoms with van der Waals surface area (Å²) in [4.78, 5) is 7.21. The van der Waals surface area contributed by atoms with E-state index in [2.05, 4.69) is 40.0 Å². The number of hydrogen-bond acceptors (Lipinski definition) is 4. The molecular formula is C19H24N4O. The quantitative estimate of drug-likeness (QED) is 0.798. The Hall–Kier alpha value is -2.27. The Morgan fingerprint density at radius 3 is 2.71 bits per heavy atom. The smallest absolute Gasteiger partial charge is 0.204 e. The van der Waals surface area contributed by atoms with Gasteiger partial charge >= 0.3 is 0 Å². The second kappa shape index (κ2) is 6.32. The highest BCUT2D eigenvalue weighted by Crippen LogP contribution is 2.24. The molecule has 5 heteroatoms. The van der Waals surface area contributed by atoms with Crippen molar-refractivity contribution in [2.75, 3.05) is 25.5 Å². The molecule has 0 aliphatic carbocycles. The van der Waals surface area contributed by atoms with Crippen molar-refractivity contribution in [3.8, 4) is 0 Å².